The fraction of sp³-hybridized carbons (Fsp3) is 0.312. The van der Waals surface area contributed by atoms with Gasteiger partial charge in [-0.2, -0.15) is 0 Å². The molecule has 0 saturated carbocycles. The molecule has 1 amide bonds. The number of hydrogen-bond acceptors (Lipinski definition) is 5. The number of anilines is 1. The van der Waals surface area contributed by atoms with Gasteiger partial charge in [0, 0.05) is 23.7 Å². The second-order valence-electron chi connectivity index (χ2n) is 5.77. The number of aromatic nitrogens is 2. The molecule has 2 aromatic rings. The molecule has 0 spiro atoms. The van der Waals surface area contributed by atoms with E-state index in [0.717, 1.165) is 0 Å². The van der Waals surface area contributed by atoms with Crippen molar-refractivity contribution in [3.05, 3.63) is 51.6 Å². The highest BCUT2D eigenvalue weighted by atomic mass is 35.5. The standard InChI is InChI=1S/C16H16Cl2N4O2/c17-12-4-2-1-3-11(12)16(24)5-7-22(8-6-16)15-10(14(19)23)9-13(18)20-21-15/h1-4,9,24H,5-8H2,(H2,19,23). The minimum Gasteiger partial charge on any atom is -0.385 e. The molecule has 1 aromatic carbocycles. The van der Waals surface area contributed by atoms with Gasteiger partial charge >= 0.3 is 0 Å². The second kappa shape index (κ2) is 6.55. The van der Waals surface area contributed by atoms with Gasteiger partial charge in [-0.1, -0.05) is 41.4 Å². The lowest BCUT2D eigenvalue weighted by atomic mass is 9.84. The Morgan fingerprint density at radius 3 is 2.50 bits per heavy atom. The van der Waals surface area contributed by atoms with E-state index < -0.39 is 11.5 Å². The van der Waals surface area contributed by atoms with Gasteiger partial charge in [-0.25, -0.2) is 0 Å². The average Bonchev–Trinajstić information content (AvgIpc) is 2.56. The maximum absolute atomic E-state index is 11.6. The van der Waals surface area contributed by atoms with Crippen LogP contribution in [0.1, 0.15) is 28.8 Å². The van der Waals surface area contributed by atoms with Crippen molar-refractivity contribution in [2.45, 2.75) is 18.4 Å². The summed E-state index contributed by atoms with van der Waals surface area (Å²) in [5.74, 6) is -0.234. The first-order valence-corrected chi connectivity index (χ1v) is 8.22. The number of amides is 1. The summed E-state index contributed by atoms with van der Waals surface area (Å²) >= 11 is 12.0. The van der Waals surface area contributed by atoms with E-state index in [0.29, 0.717) is 42.3 Å². The molecule has 24 heavy (non-hydrogen) atoms. The number of piperidine rings is 1. The van der Waals surface area contributed by atoms with Crippen LogP contribution < -0.4 is 10.6 Å². The summed E-state index contributed by atoms with van der Waals surface area (Å²) in [5, 5.41) is 19.4. The number of primary amides is 1. The molecule has 6 nitrogen and oxygen atoms in total. The molecule has 0 bridgehead atoms. The van der Waals surface area contributed by atoms with Crippen LogP contribution >= 0.6 is 23.2 Å². The molecule has 2 heterocycles. The van der Waals surface area contributed by atoms with E-state index in [-0.39, 0.29) is 10.7 Å². The summed E-state index contributed by atoms with van der Waals surface area (Å²) in [6, 6.07) is 8.67. The minimum absolute atomic E-state index is 0.108. The van der Waals surface area contributed by atoms with Crippen LogP contribution in [0, 0.1) is 0 Å². The second-order valence-corrected chi connectivity index (χ2v) is 6.56. The Bertz CT molecular complexity index is 776. The first-order valence-electron chi connectivity index (χ1n) is 7.46. The van der Waals surface area contributed by atoms with Crippen molar-refractivity contribution < 1.29 is 9.90 Å². The smallest absolute Gasteiger partial charge is 0.252 e. The van der Waals surface area contributed by atoms with Crippen LogP contribution in [0.5, 0.6) is 0 Å². The lowest BCUT2D eigenvalue weighted by Gasteiger charge is -2.39. The third-order valence-corrected chi connectivity index (χ3v) is 4.79. The van der Waals surface area contributed by atoms with Gasteiger partial charge < -0.3 is 15.7 Å². The van der Waals surface area contributed by atoms with Crippen LogP contribution in [0.4, 0.5) is 5.82 Å². The van der Waals surface area contributed by atoms with E-state index in [9.17, 15) is 9.90 Å². The number of carbonyl (C=O) groups excluding carboxylic acids is 1. The molecular formula is C16H16Cl2N4O2. The molecule has 0 atom stereocenters. The third kappa shape index (κ3) is 3.17. The molecule has 3 rings (SSSR count). The molecule has 1 aromatic heterocycles. The van der Waals surface area contributed by atoms with E-state index in [1.54, 1.807) is 6.07 Å². The van der Waals surface area contributed by atoms with Crippen LogP contribution in [0.15, 0.2) is 30.3 Å². The van der Waals surface area contributed by atoms with Crippen molar-refractivity contribution in [2.75, 3.05) is 18.0 Å². The van der Waals surface area contributed by atoms with E-state index in [4.69, 9.17) is 28.9 Å². The molecule has 0 aliphatic carbocycles. The van der Waals surface area contributed by atoms with Crippen LogP contribution in [0.25, 0.3) is 0 Å². The highest BCUT2D eigenvalue weighted by Gasteiger charge is 2.36. The largest absolute Gasteiger partial charge is 0.385 e. The molecule has 1 fully saturated rings. The first kappa shape index (κ1) is 17.0. The number of carbonyl (C=O) groups is 1. The SMILES string of the molecule is NC(=O)c1cc(Cl)nnc1N1CCC(O)(c2ccccc2Cl)CC1. The topological polar surface area (TPSA) is 92.3 Å². The maximum atomic E-state index is 11.6. The molecule has 1 saturated heterocycles. The number of hydrogen-bond donors (Lipinski definition) is 2. The van der Waals surface area contributed by atoms with Crippen molar-refractivity contribution >= 4 is 34.9 Å². The highest BCUT2D eigenvalue weighted by Crippen LogP contribution is 2.38. The first-order chi connectivity index (χ1) is 11.4. The summed E-state index contributed by atoms with van der Waals surface area (Å²) < 4.78 is 0. The molecule has 1 aliphatic heterocycles. The summed E-state index contributed by atoms with van der Waals surface area (Å²) in [6.45, 7) is 0.969. The summed E-state index contributed by atoms with van der Waals surface area (Å²) in [6.07, 6.45) is 0.887. The lowest BCUT2D eigenvalue weighted by molar-refractivity contribution is 0.0117. The van der Waals surface area contributed by atoms with Gasteiger partial charge in [-0.15, -0.1) is 10.2 Å². The van der Waals surface area contributed by atoms with Crippen molar-refractivity contribution in [1.29, 1.82) is 0 Å². The quantitative estimate of drug-likeness (QED) is 0.869. The van der Waals surface area contributed by atoms with Crippen molar-refractivity contribution in [3.8, 4) is 0 Å². The van der Waals surface area contributed by atoms with Crippen LogP contribution in [0.3, 0.4) is 0 Å². The van der Waals surface area contributed by atoms with Gasteiger partial charge in [0.15, 0.2) is 11.0 Å². The Balaban J connectivity index is 1.83. The zero-order chi connectivity index (χ0) is 17.3. The number of aliphatic hydroxyl groups is 1. The zero-order valence-electron chi connectivity index (χ0n) is 12.7. The average molecular weight is 367 g/mol. The highest BCUT2D eigenvalue weighted by molar-refractivity contribution is 6.31. The molecule has 126 valence electrons. The summed E-state index contributed by atoms with van der Waals surface area (Å²) in [7, 11) is 0. The summed E-state index contributed by atoms with van der Waals surface area (Å²) in [4.78, 5) is 13.5. The van der Waals surface area contributed by atoms with E-state index in [2.05, 4.69) is 10.2 Å². The number of nitrogens with two attached hydrogens (primary N) is 1. The van der Waals surface area contributed by atoms with Gasteiger partial charge in [0.1, 0.15) is 0 Å². The predicted octanol–water partition coefficient (Wildman–Crippen LogP) is 2.37. The Kier molecular flexibility index (Phi) is 4.62. The molecule has 0 radical (unpaired) electrons. The molecule has 8 heteroatoms. The number of benzene rings is 1. The number of rotatable bonds is 3. The van der Waals surface area contributed by atoms with Crippen LogP contribution in [-0.2, 0) is 5.60 Å². The van der Waals surface area contributed by atoms with Crippen molar-refractivity contribution in [3.63, 3.8) is 0 Å². The fourth-order valence-electron chi connectivity index (χ4n) is 2.97. The van der Waals surface area contributed by atoms with E-state index >= 15 is 0 Å². The predicted molar refractivity (Wildman–Crippen MR) is 92.4 cm³/mol. The number of nitrogens with zero attached hydrogens (tertiary/aromatic N) is 3. The monoisotopic (exact) mass is 366 g/mol. The van der Waals surface area contributed by atoms with Crippen LogP contribution in [-0.4, -0.2) is 34.3 Å². The Morgan fingerprint density at radius 1 is 1.21 bits per heavy atom. The van der Waals surface area contributed by atoms with Gasteiger partial charge in [-0.3, -0.25) is 4.79 Å². The summed E-state index contributed by atoms with van der Waals surface area (Å²) in [5.41, 5.74) is 5.32. The Morgan fingerprint density at radius 2 is 1.88 bits per heavy atom. The van der Waals surface area contributed by atoms with Crippen LogP contribution in [0.2, 0.25) is 10.2 Å². The van der Waals surface area contributed by atoms with Gasteiger partial charge in [-0.05, 0) is 25.0 Å². The van der Waals surface area contributed by atoms with Gasteiger partial charge in [0.25, 0.3) is 5.91 Å². The van der Waals surface area contributed by atoms with E-state index in [1.807, 2.05) is 23.1 Å². The minimum atomic E-state index is -1.01. The van der Waals surface area contributed by atoms with Gasteiger partial charge in [0.05, 0.1) is 11.2 Å². The third-order valence-electron chi connectivity index (χ3n) is 4.28. The van der Waals surface area contributed by atoms with Crippen molar-refractivity contribution in [1.82, 2.24) is 10.2 Å². The molecule has 1 aliphatic rings. The maximum Gasteiger partial charge on any atom is 0.252 e. The zero-order valence-corrected chi connectivity index (χ0v) is 14.3. The normalized spacial score (nSPS) is 16.9. The number of halogens is 2. The molecule has 3 N–H and O–H groups in total. The van der Waals surface area contributed by atoms with Crippen molar-refractivity contribution in [2.24, 2.45) is 5.73 Å². The Hall–Kier alpha value is -1.89. The fourth-order valence-corrected chi connectivity index (χ4v) is 3.43. The van der Waals surface area contributed by atoms with E-state index in [1.165, 1.54) is 6.07 Å². The molecule has 0 unspecified atom stereocenters. The molecular weight excluding hydrogens is 351 g/mol. The lowest BCUT2D eigenvalue weighted by Crippen LogP contribution is -2.43. The Labute approximate surface area is 149 Å². The van der Waals surface area contributed by atoms with Gasteiger partial charge in [0.2, 0.25) is 0 Å².